The summed E-state index contributed by atoms with van der Waals surface area (Å²) < 4.78 is 22.1. The molecule has 0 saturated carbocycles. The maximum absolute atomic E-state index is 14.6. The Hall–Kier alpha value is -3.52. The Bertz CT molecular complexity index is 1350. The number of imidazole rings is 1. The Labute approximate surface area is 192 Å². The van der Waals surface area contributed by atoms with Crippen molar-refractivity contribution in [1.29, 1.82) is 0 Å². The van der Waals surface area contributed by atoms with Gasteiger partial charge in [-0.15, -0.1) is 0 Å². The number of hydrogen-bond donors (Lipinski definition) is 1. The second-order valence-electron chi connectivity index (χ2n) is 8.70. The Balaban J connectivity index is 1.49. The van der Waals surface area contributed by atoms with Crippen LogP contribution in [-0.4, -0.2) is 45.0 Å². The van der Waals surface area contributed by atoms with Crippen LogP contribution in [-0.2, 0) is 19.5 Å². The molecule has 1 N–H and O–H groups in total. The van der Waals surface area contributed by atoms with Crippen LogP contribution in [0.5, 0.6) is 5.75 Å². The zero-order valence-electron chi connectivity index (χ0n) is 19.3. The molecule has 33 heavy (non-hydrogen) atoms. The molecule has 4 heterocycles. The number of pyridine rings is 1. The van der Waals surface area contributed by atoms with E-state index in [-0.39, 0.29) is 5.82 Å². The average molecular weight is 447 g/mol. The van der Waals surface area contributed by atoms with E-state index in [4.69, 9.17) is 14.7 Å². The van der Waals surface area contributed by atoms with Gasteiger partial charge in [-0.25, -0.2) is 14.4 Å². The van der Waals surface area contributed by atoms with E-state index >= 15 is 0 Å². The van der Waals surface area contributed by atoms with E-state index in [0.29, 0.717) is 31.1 Å². The molecule has 7 nitrogen and oxygen atoms in total. The summed E-state index contributed by atoms with van der Waals surface area (Å²) in [6, 6.07) is 7.29. The predicted octanol–water partition coefficient (Wildman–Crippen LogP) is 4.16. The second kappa shape index (κ2) is 8.44. The molecule has 1 aliphatic rings. The van der Waals surface area contributed by atoms with E-state index in [0.717, 1.165) is 51.7 Å². The summed E-state index contributed by atoms with van der Waals surface area (Å²) in [5, 5.41) is 3.31. The third-order valence-corrected chi connectivity index (χ3v) is 5.89. The van der Waals surface area contributed by atoms with Gasteiger partial charge in [0.15, 0.2) is 0 Å². The van der Waals surface area contributed by atoms with Crippen LogP contribution in [0.25, 0.3) is 16.8 Å². The smallest absolute Gasteiger partial charge is 0.208 e. The highest BCUT2D eigenvalue weighted by Crippen LogP contribution is 2.31. The van der Waals surface area contributed by atoms with Gasteiger partial charge in [0.25, 0.3) is 0 Å². The molecule has 8 heteroatoms. The number of benzene rings is 1. The fraction of sp³-hybridized carbons (Fsp3) is 0.320. The number of aryl methyl sites for hydroxylation is 2. The van der Waals surface area contributed by atoms with Gasteiger partial charge < -0.3 is 15.0 Å². The van der Waals surface area contributed by atoms with Gasteiger partial charge in [0, 0.05) is 59.9 Å². The number of halogens is 1. The third kappa shape index (κ3) is 4.02. The Morgan fingerprint density at radius 2 is 1.97 bits per heavy atom. The number of nitrogens with one attached hydrogen (secondary N) is 1. The zero-order valence-corrected chi connectivity index (χ0v) is 19.3. The zero-order chi connectivity index (χ0) is 23.1. The fourth-order valence-corrected chi connectivity index (χ4v) is 4.40. The summed E-state index contributed by atoms with van der Waals surface area (Å²) in [7, 11) is 4.06. The van der Waals surface area contributed by atoms with Crippen molar-refractivity contribution in [2.75, 3.05) is 26.0 Å². The lowest BCUT2D eigenvalue weighted by Gasteiger charge is -2.14. The van der Waals surface area contributed by atoms with Gasteiger partial charge in [-0.2, -0.15) is 0 Å². The molecular formula is C25H27FN6O. The van der Waals surface area contributed by atoms with Gasteiger partial charge in [-0.1, -0.05) is 6.07 Å². The number of fused-ring (bicyclic) bond motifs is 2. The number of nitrogens with zero attached hydrogens (tertiary/aromatic N) is 5. The highest BCUT2D eigenvalue weighted by atomic mass is 19.1. The summed E-state index contributed by atoms with van der Waals surface area (Å²) in [5.74, 6) is 1.14. The first kappa shape index (κ1) is 21.3. The molecule has 1 aromatic carbocycles. The van der Waals surface area contributed by atoms with Gasteiger partial charge in [0.2, 0.25) is 5.95 Å². The number of ether oxygens (including phenoxy) is 1. The lowest BCUT2D eigenvalue weighted by molar-refractivity contribution is 0.356. The molecule has 3 aromatic heterocycles. The third-order valence-electron chi connectivity index (χ3n) is 5.89. The van der Waals surface area contributed by atoms with Crippen molar-refractivity contribution in [3.05, 3.63) is 70.7 Å². The van der Waals surface area contributed by atoms with Gasteiger partial charge in [-0.05, 0) is 46.1 Å². The van der Waals surface area contributed by atoms with Crippen LogP contribution in [0.15, 0.2) is 36.7 Å². The van der Waals surface area contributed by atoms with E-state index in [1.54, 1.807) is 6.07 Å². The normalized spacial score (nSPS) is 12.9. The topological polar surface area (TPSA) is 67.6 Å². The van der Waals surface area contributed by atoms with Gasteiger partial charge in [-0.3, -0.25) is 9.38 Å². The van der Waals surface area contributed by atoms with E-state index in [1.807, 2.05) is 50.8 Å². The highest BCUT2D eigenvalue weighted by Gasteiger charge is 2.20. The van der Waals surface area contributed by atoms with Crippen molar-refractivity contribution in [3.63, 3.8) is 0 Å². The largest absolute Gasteiger partial charge is 0.493 e. The fourth-order valence-electron chi connectivity index (χ4n) is 4.40. The minimum absolute atomic E-state index is 0.235. The summed E-state index contributed by atoms with van der Waals surface area (Å²) in [6.45, 7) is 5.65. The quantitative estimate of drug-likeness (QED) is 0.480. The van der Waals surface area contributed by atoms with Crippen LogP contribution >= 0.6 is 0 Å². The molecule has 0 amide bonds. The van der Waals surface area contributed by atoms with E-state index in [1.165, 1.54) is 6.07 Å². The lowest BCUT2D eigenvalue weighted by atomic mass is 10.0. The summed E-state index contributed by atoms with van der Waals surface area (Å²) >= 11 is 0. The highest BCUT2D eigenvalue weighted by molar-refractivity contribution is 5.79. The summed E-state index contributed by atoms with van der Waals surface area (Å²) in [6.07, 6.45) is 4.47. The minimum atomic E-state index is -0.235. The molecule has 0 spiro atoms. The first-order valence-electron chi connectivity index (χ1n) is 11.0. The van der Waals surface area contributed by atoms with E-state index < -0.39 is 0 Å². The van der Waals surface area contributed by atoms with Crippen LogP contribution in [0, 0.1) is 19.7 Å². The van der Waals surface area contributed by atoms with Gasteiger partial charge in [0.1, 0.15) is 17.2 Å². The molecule has 0 saturated heterocycles. The van der Waals surface area contributed by atoms with E-state index in [2.05, 4.69) is 21.3 Å². The maximum Gasteiger partial charge on any atom is 0.208 e. The molecule has 0 fully saturated rings. The standard InChI is InChI=1S/C25H27FN6O/c1-15-13-32-24(29-15)21(18-6-5-17(14-31(3)4)30-16(18)2)12-28-25(32)27-11-20-19-9-10-33-23(19)8-7-22(20)26/h5-8,12-13H,9-11,14H2,1-4H3,(H,27,28). The summed E-state index contributed by atoms with van der Waals surface area (Å²) in [5.41, 5.74) is 7.07. The second-order valence-corrected chi connectivity index (χ2v) is 8.70. The van der Waals surface area contributed by atoms with Crippen LogP contribution in [0.2, 0.25) is 0 Å². The molecular weight excluding hydrogens is 419 g/mol. The Morgan fingerprint density at radius 1 is 1.12 bits per heavy atom. The van der Waals surface area contributed by atoms with E-state index in [9.17, 15) is 4.39 Å². The first-order valence-corrected chi connectivity index (χ1v) is 11.0. The maximum atomic E-state index is 14.6. The summed E-state index contributed by atoms with van der Waals surface area (Å²) in [4.78, 5) is 16.3. The van der Waals surface area contributed by atoms with Gasteiger partial charge >= 0.3 is 0 Å². The molecule has 0 radical (unpaired) electrons. The van der Waals surface area contributed by atoms with Crippen molar-refractivity contribution in [2.24, 2.45) is 0 Å². The molecule has 0 aliphatic carbocycles. The number of anilines is 1. The van der Waals surface area contributed by atoms with Crippen LogP contribution in [0.3, 0.4) is 0 Å². The Morgan fingerprint density at radius 3 is 2.76 bits per heavy atom. The van der Waals surface area contributed by atoms with Crippen molar-refractivity contribution < 1.29 is 9.13 Å². The monoisotopic (exact) mass is 446 g/mol. The predicted molar refractivity (Wildman–Crippen MR) is 126 cm³/mol. The van der Waals surface area contributed by atoms with Crippen molar-refractivity contribution in [3.8, 4) is 16.9 Å². The molecule has 170 valence electrons. The number of rotatable bonds is 6. The van der Waals surface area contributed by atoms with Gasteiger partial charge in [0.05, 0.1) is 18.0 Å². The average Bonchev–Trinajstić information content (AvgIpc) is 3.39. The number of hydrogen-bond acceptors (Lipinski definition) is 6. The molecule has 5 rings (SSSR count). The molecule has 4 aromatic rings. The molecule has 0 atom stereocenters. The van der Waals surface area contributed by atoms with Crippen LogP contribution < -0.4 is 10.1 Å². The van der Waals surface area contributed by atoms with Crippen molar-refractivity contribution in [1.82, 2.24) is 24.3 Å². The Kier molecular flexibility index (Phi) is 5.46. The SMILES string of the molecule is Cc1cn2c(NCc3c(F)ccc4c3CCO4)ncc(-c3ccc(CN(C)C)nc3C)c2n1. The lowest BCUT2D eigenvalue weighted by Crippen LogP contribution is -2.12. The molecule has 0 unspecified atom stereocenters. The van der Waals surface area contributed by atoms with Crippen molar-refractivity contribution in [2.45, 2.75) is 33.4 Å². The first-order chi connectivity index (χ1) is 15.9. The molecule has 0 bridgehead atoms. The minimum Gasteiger partial charge on any atom is -0.493 e. The molecule has 1 aliphatic heterocycles. The van der Waals surface area contributed by atoms with Crippen LogP contribution in [0.1, 0.15) is 28.2 Å². The number of aromatic nitrogens is 4. The van der Waals surface area contributed by atoms with Crippen molar-refractivity contribution >= 4 is 11.6 Å². The van der Waals surface area contributed by atoms with Crippen LogP contribution in [0.4, 0.5) is 10.3 Å².